The Balaban J connectivity index is 1.66. The molecule has 0 aromatic heterocycles. The first-order valence-corrected chi connectivity index (χ1v) is 11.1. The molecule has 2 unspecified atom stereocenters. The van der Waals surface area contributed by atoms with Crippen molar-refractivity contribution in [2.24, 2.45) is 16.5 Å². The zero-order valence-corrected chi connectivity index (χ0v) is 19.6. The lowest BCUT2D eigenvalue weighted by atomic mass is 9.82. The quantitative estimate of drug-likeness (QED) is 0.276. The molecule has 3 rings (SSSR count). The highest BCUT2D eigenvalue weighted by atomic mass is 16.5. The molecule has 0 radical (unpaired) electrons. The lowest BCUT2D eigenvalue weighted by Crippen LogP contribution is -2.28. The molecule has 4 N–H and O–H groups in total. The monoisotopic (exact) mass is 466 g/mol. The van der Waals surface area contributed by atoms with Crippen molar-refractivity contribution >= 4 is 29.5 Å². The molecule has 0 spiro atoms. The van der Waals surface area contributed by atoms with Crippen LogP contribution in [0.15, 0.2) is 47.5 Å². The zero-order chi connectivity index (χ0) is 24.8. The van der Waals surface area contributed by atoms with E-state index in [2.05, 4.69) is 4.99 Å². The minimum Gasteiger partial charge on any atom is -0.455 e. The van der Waals surface area contributed by atoms with Crippen LogP contribution in [0.25, 0.3) is 0 Å². The van der Waals surface area contributed by atoms with Gasteiger partial charge in [0.2, 0.25) is 0 Å². The van der Waals surface area contributed by atoms with E-state index in [1.165, 1.54) is 4.90 Å². The van der Waals surface area contributed by atoms with Crippen LogP contribution in [0.1, 0.15) is 48.3 Å². The number of likely N-dealkylation sites (N-methyl/N-ethyl adjacent to an activating group) is 1. The van der Waals surface area contributed by atoms with Crippen LogP contribution in [0.2, 0.25) is 0 Å². The fraction of sp³-hybridized carbons (Fsp3) is 0.360. The number of carbonyl (C=O) groups is 3. The summed E-state index contributed by atoms with van der Waals surface area (Å²) in [5.41, 5.74) is 14.3. The molecule has 0 fully saturated rings. The van der Waals surface area contributed by atoms with Gasteiger partial charge < -0.3 is 25.8 Å². The molecule has 0 bridgehead atoms. The Morgan fingerprint density at radius 3 is 2.47 bits per heavy atom. The molecule has 1 aliphatic carbocycles. The van der Waals surface area contributed by atoms with Gasteiger partial charge in [0.05, 0.1) is 17.5 Å². The van der Waals surface area contributed by atoms with Crippen LogP contribution in [-0.2, 0) is 25.5 Å². The third-order valence-corrected chi connectivity index (χ3v) is 5.81. The number of carbonyl (C=O) groups excluding carboxylic acids is 3. The van der Waals surface area contributed by atoms with E-state index in [4.69, 9.17) is 20.9 Å². The van der Waals surface area contributed by atoms with E-state index in [0.29, 0.717) is 23.4 Å². The molecule has 9 heteroatoms. The number of hydrogen-bond donors (Lipinski definition) is 2. The summed E-state index contributed by atoms with van der Waals surface area (Å²) < 4.78 is 10.7. The van der Waals surface area contributed by atoms with Crippen LogP contribution in [0.5, 0.6) is 5.75 Å². The van der Waals surface area contributed by atoms with Crippen molar-refractivity contribution < 1.29 is 23.9 Å². The van der Waals surface area contributed by atoms with Crippen molar-refractivity contribution in [2.45, 2.75) is 38.0 Å². The maximum absolute atomic E-state index is 13.0. The SMILES string of the molecule is CC(C(=O)OCC(=O)N(C)C)c1ccc(OC(=O)C2CCCc3c(N=C(N)N)cccc32)cc1. The third-order valence-electron chi connectivity index (χ3n) is 5.81. The molecule has 180 valence electrons. The first-order chi connectivity index (χ1) is 16.2. The number of esters is 2. The summed E-state index contributed by atoms with van der Waals surface area (Å²) >= 11 is 0. The van der Waals surface area contributed by atoms with E-state index in [1.54, 1.807) is 45.3 Å². The van der Waals surface area contributed by atoms with E-state index in [-0.39, 0.29) is 24.4 Å². The topological polar surface area (TPSA) is 137 Å². The molecule has 2 aromatic carbocycles. The molecule has 34 heavy (non-hydrogen) atoms. The summed E-state index contributed by atoms with van der Waals surface area (Å²) in [4.78, 5) is 42.4. The van der Waals surface area contributed by atoms with Gasteiger partial charge in [-0.25, -0.2) is 4.99 Å². The Morgan fingerprint density at radius 1 is 1.12 bits per heavy atom. The summed E-state index contributed by atoms with van der Waals surface area (Å²) in [5, 5.41) is 0. The van der Waals surface area contributed by atoms with Crippen molar-refractivity contribution in [3.8, 4) is 5.75 Å². The largest absolute Gasteiger partial charge is 0.455 e. The van der Waals surface area contributed by atoms with Crippen LogP contribution in [0.3, 0.4) is 0 Å². The van der Waals surface area contributed by atoms with Gasteiger partial charge >= 0.3 is 11.9 Å². The number of nitrogens with zero attached hydrogens (tertiary/aromatic N) is 2. The first-order valence-electron chi connectivity index (χ1n) is 11.1. The summed E-state index contributed by atoms with van der Waals surface area (Å²) in [7, 11) is 3.18. The number of guanidine groups is 1. The lowest BCUT2D eigenvalue weighted by Gasteiger charge is -2.25. The average Bonchev–Trinajstić information content (AvgIpc) is 2.81. The Labute approximate surface area is 198 Å². The number of nitrogens with two attached hydrogens (primary N) is 2. The van der Waals surface area contributed by atoms with Gasteiger partial charge in [0, 0.05) is 14.1 Å². The van der Waals surface area contributed by atoms with E-state index < -0.39 is 17.8 Å². The Bertz CT molecular complexity index is 1090. The van der Waals surface area contributed by atoms with Gasteiger partial charge in [-0.15, -0.1) is 0 Å². The van der Waals surface area contributed by atoms with Crippen molar-refractivity contribution in [2.75, 3.05) is 20.7 Å². The minimum atomic E-state index is -0.570. The van der Waals surface area contributed by atoms with Gasteiger partial charge in [-0.1, -0.05) is 24.3 Å². The molecule has 1 amide bonds. The summed E-state index contributed by atoms with van der Waals surface area (Å²) in [6.07, 6.45) is 2.28. The predicted octanol–water partition coefficient (Wildman–Crippen LogP) is 2.35. The number of hydrogen-bond acceptors (Lipinski definition) is 6. The second kappa shape index (κ2) is 10.8. The molecule has 0 saturated heterocycles. The minimum absolute atomic E-state index is 0.0272. The standard InChI is InChI=1S/C25H30N4O5/c1-15(23(31)33-14-22(30)29(2)3)16-10-12-17(13-11-16)34-24(32)20-8-4-7-19-18(20)6-5-9-21(19)28-25(26)27/h5-6,9-13,15,20H,4,7-8,14H2,1-3H3,(H4,26,27,28). The van der Waals surface area contributed by atoms with Crippen LogP contribution in [0, 0.1) is 0 Å². The maximum Gasteiger partial charge on any atom is 0.318 e. The number of aliphatic imine (C=N–C) groups is 1. The van der Waals surface area contributed by atoms with E-state index >= 15 is 0 Å². The Kier molecular flexibility index (Phi) is 7.88. The Hall–Kier alpha value is -3.88. The molecular weight excluding hydrogens is 436 g/mol. The van der Waals surface area contributed by atoms with Gasteiger partial charge in [0.25, 0.3) is 5.91 Å². The number of benzene rings is 2. The number of ether oxygens (including phenoxy) is 2. The predicted molar refractivity (Wildman–Crippen MR) is 128 cm³/mol. The second-order valence-electron chi connectivity index (χ2n) is 8.43. The van der Waals surface area contributed by atoms with Crippen molar-refractivity contribution in [3.63, 3.8) is 0 Å². The molecule has 0 saturated carbocycles. The first kappa shape index (κ1) is 24.8. The number of fused-ring (bicyclic) bond motifs is 1. The molecule has 1 aliphatic rings. The average molecular weight is 467 g/mol. The molecule has 2 atom stereocenters. The van der Waals surface area contributed by atoms with Crippen molar-refractivity contribution in [1.29, 1.82) is 0 Å². The van der Waals surface area contributed by atoms with Gasteiger partial charge in [0.15, 0.2) is 12.6 Å². The van der Waals surface area contributed by atoms with Crippen molar-refractivity contribution in [1.82, 2.24) is 4.90 Å². The van der Waals surface area contributed by atoms with Gasteiger partial charge in [0.1, 0.15) is 5.75 Å². The molecule has 2 aromatic rings. The van der Waals surface area contributed by atoms with Crippen LogP contribution < -0.4 is 16.2 Å². The Morgan fingerprint density at radius 2 is 1.82 bits per heavy atom. The fourth-order valence-electron chi connectivity index (χ4n) is 3.85. The van der Waals surface area contributed by atoms with Crippen LogP contribution in [-0.4, -0.2) is 49.4 Å². The number of rotatable bonds is 7. The molecule has 9 nitrogen and oxygen atoms in total. The third kappa shape index (κ3) is 5.92. The summed E-state index contributed by atoms with van der Waals surface area (Å²) in [5.74, 6) is -1.79. The lowest BCUT2D eigenvalue weighted by molar-refractivity contribution is -0.152. The second-order valence-corrected chi connectivity index (χ2v) is 8.43. The summed E-state index contributed by atoms with van der Waals surface area (Å²) in [6, 6.07) is 12.2. The van der Waals surface area contributed by atoms with E-state index in [9.17, 15) is 14.4 Å². The van der Waals surface area contributed by atoms with Gasteiger partial charge in [-0.3, -0.25) is 14.4 Å². The van der Waals surface area contributed by atoms with E-state index in [0.717, 1.165) is 24.0 Å². The highest BCUT2D eigenvalue weighted by Gasteiger charge is 2.29. The van der Waals surface area contributed by atoms with Crippen molar-refractivity contribution in [3.05, 3.63) is 59.2 Å². The summed E-state index contributed by atoms with van der Waals surface area (Å²) in [6.45, 7) is 1.39. The smallest absolute Gasteiger partial charge is 0.318 e. The van der Waals surface area contributed by atoms with Gasteiger partial charge in [-0.05, 0) is 61.1 Å². The number of amides is 1. The fourth-order valence-corrected chi connectivity index (χ4v) is 3.85. The zero-order valence-electron chi connectivity index (χ0n) is 19.6. The highest BCUT2D eigenvalue weighted by molar-refractivity contribution is 5.84. The van der Waals surface area contributed by atoms with Crippen LogP contribution in [0.4, 0.5) is 5.69 Å². The normalized spacial score (nSPS) is 15.4. The highest BCUT2D eigenvalue weighted by Crippen LogP contribution is 2.37. The maximum atomic E-state index is 13.0. The van der Waals surface area contributed by atoms with Crippen LogP contribution >= 0.6 is 0 Å². The molecule has 0 aliphatic heterocycles. The van der Waals surface area contributed by atoms with E-state index in [1.807, 2.05) is 18.2 Å². The molecular formula is C25H30N4O5. The molecule has 0 heterocycles. The van der Waals surface area contributed by atoms with Gasteiger partial charge in [-0.2, -0.15) is 0 Å².